The number of carbonyl (C=O) groups excluding carboxylic acids is 1. The Bertz CT molecular complexity index is 329. The summed E-state index contributed by atoms with van der Waals surface area (Å²) >= 11 is 0. The van der Waals surface area contributed by atoms with Crippen LogP contribution in [0.25, 0.3) is 0 Å². The van der Waals surface area contributed by atoms with Gasteiger partial charge in [-0.2, -0.15) is 0 Å². The fourth-order valence-corrected chi connectivity index (χ4v) is 1.29. The summed E-state index contributed by atoms with van der Waals surface area (Å²) in [7, 11) is 0. The third-order valence-electron chi connectivity index (χ3n) is 2.00. The van der Waals surface area contributed by atoms with Gasteiger partial charge < -0.3 is 10.5 Å². The molecule has 74 valence electrons. The van der Waals surface area contributed by atoms with Gasteiger partial charge in [-0.15, -0.1) is 0 Å². The zero-order valence-corrected chi connectivity index (χ0v) is 7.46. The van der Waals surface area contributed by atoms with Crippen LogP contribution in [0.3, 0.4) is 0 Å². The summed E-state index contributed by atoms with van der Waals surface area (Å²) < 4.78 is 4.98. The molecule has 2 N–H and O–H groups in total. The highest BCUT2D eigenvalue weighted by Crippen LogP contribution is 2.18. The molecule has 1 aromatic heterocycles. The second-order valence-electron chi connectivity index (χ2n) is 2.95. The van der Waals surface area contributed by atoms with Crippen molar-refractivity contribution >= 4 is 11.8 Å². The van der Waals surface area contributed by atoms with Crippen LogP contribution in [-0.4, -0.2) is 35.3 Å². The average Bonchev–Trinajstić information content (AvgIpc) is 2.61. The van der Waals surface area contributed by atoms with E-state index in [9.17, 15) is 4.79 Å². The first kappa shape index (κ1) is 8.89. The Hall–Kier alpha value is -1.69. The number of cyclic esters (lactones) is 1. The van der Waals surface area contributed by atoms with Crippen molar-refractivity contribution in [3.05, 3.63) is 18.7 Å². The van der Waals surface area contributed by atoms with Gasteiger partial charge >= 0.3 is 6.09 Å². The molecule has 2 heterocycles. The van der Waals surface area contributed by atoms with Crippen LogP contribution in [0, 0.1) is 0 Å². The molecule has 1 atom stereocenters. The molecule has 0 spiro atoms. The van der Waals surface area contributed by atoms with Gasteiger partial charge in [-0.1, -0.05) is 0 Å². The first-order valence-electron chi connectivity index (χ1n) is 4.24. The molecular weight excluding hydrogens is 184 g/mol. The van der Waals surface area contributed by atoms with Crippen molar-refractivity contribution in [2.24, 2.45) is 5.73 Å². The number of nitrogens with zero attached hydrogens (tertiary/aromatic N) is 3. The zero-order chi connectivity index (χ0) is 9.97. The second kappa shape index (κ2) is 3.59. The number of anilines is 1. The van der Waals surface area contributed by atoms with Crippen LogP contribution in [0.2, 0.25) is 0 Å². The van der Waals surface area contributed by atoms with Crippen molar-refractivity contribution < 1.29 is 9.53 Å². The fourth-order valence-electron chi connectivity index (χ4n) is 1.29. The average molecular weight is 194 g/mol. The largest absolute Gasteiger partial charge is 0.443 e. The standard InChI is InChI=1S/C8H10N4O2/c9-1-7-4-12(8(13)14-7)6-2-10-5-11-3-6/h2-3,5,7H,1,4,9H2. The highest BCUT2D eigenvalue weighted by molar-refractivity contribution is 5.89. The maximum atomic E-state index is 11.3. The molecule has 0 bridgehead atoms. The Morgan fingerprint density at radius 2 is 2.29 bits per heavy atom. The molecule has 0 aliphatic carbocycles. The molecule has 2 rings (SSSR count). The highest BCUT2D eigenvalue weighted by atomic mass is 16.6. The van der Waals surface area contributed by atoms with Crippen molar-refractivity contribution in [1.29, 1.82) is 0 Å². The van der Waals surface area contributed by atoms with E-state index in [0.717, 1.165) is 0 Å². The number of nitrogens with two attached hydrogens (primary N) is 1. The normalized spacial score (nSPS) is 21.1. The van der Waals surface area contributed by atoms with Gasteiger partial charge in [0, 0.05) is 6.54 Å². The summed E-state index contributed by atoms with van der Waals surface area (Å²) in [5, 5.41) is 0. The van der Waals surface area contributed by atoms with Crippen LogP contribution in [0.1, 0.15) is 0 Å². The van der Waals surface area contributed by atoms with Crippen LogP contribution in [0.15, 0.2) is 18.7 Å². The van der Waals surface area contributed by atoms with E-state index in [-0.39, 0.29) is 6.10 Å². The fraction of sp³-hybridized carbons (Fsp3) is 0.375. The third-order valence-corrected chi connectivity index (χ3v) is 2.00. The van der Waals surface area contributed by atoms with E-state index in [1.54, 1.807) is 12.4 Å². The first-order chi connectivity index (χ1) is 6.81. The maximum absolute atomic E-state index is 11.3. The summed E-state index contributed by atoms with van der Waals surface area (Å²) in [6.45, 7) is 0.790. The van der Waals surface area contributed by atoms with Crippen molar-refractivity contribution in [2.75, 3.05) is 18.0 Å². The van der Waals surface area contributed by atoms with Gasteiger partial charge in [0.1, 0.15) is 12.4 Å². The molecule has 0 saturated carbocycles. The van der Waals surface area contributed by atoms with E-state index in [4.69, 9.17) is 10.5 Å². The number of carbonyl (C=O) groups is 1. The molecule has 14 heavy (non-hydrogen) atoms. The molecule has 1 fully saturated rings. The molecule has 1 aromatic rings. The Kier molecular flexibility index (Phi) is 2.28. The van der Waals surface area contributed by atoms with E-state index in [1.165, 1.54) is 11.2 Å². The van der Waals surface area contributed by atoms with E-state index in [1.807, 2.05) is 0 Å². The van der Waals surface area contributed by atoms with E-state index < -0.39 is 6.09 Å². The van der Waals surface area contributed by atoms with E-state index in [0.29, 0.717) is 18.8 Å². The van der Waals surface area contributed by atoms with Gasteiger partial charge in [-0.05, 0) is 0 Å². The minimum atomic E-state index is -0.393. The minimum Gasteiger partial charge on any atom is -0.443 e. The summed E-state index contributed by atoms with van der Waals surface area (Å²) in [5.74, 6) is 0. The maximum Gasteiger partial charge on any atom is 0.414 e. The number of hydrogen-bond donors (Lipinski definition) is 1. The lowest BCUT2D eigenvalue weighted by Gasteiger charge is -2.10. The monoisotopic (exact) mass is 194 g/mol. The molecule has 6 heteroatoms. The van der Waals surface area contributed by atoms with Gasteiger partial charge in [0.05, 0.1) is 24.6 Å². The molecule has 1 amide bonds. The van der Waals surface area contributed by atoms with Gasteiger partial charge in [-0.3, -0.25) is 4.90 Å². The van der Waals surface area contributed by atoms with Crippen LogP contribution >= 0.6 is 0 Å². The number of hydrogen-bond acceptors (Lipinski definition) is 5. The predicted octanol–water partition coefficient (Wildman–Crippen LogP) is -0.240. The van der Waals surface area contributed by atoms with Gasteiger partial charge in [0.15, 0.2) is 0 Å². The quantitative estimate of drug-likeness (QED) is 0.702. The SMILES string of the molecule is NCC1CN(c2cncnc2)C(=O)O1. The summed E-state index contributed by atoms with van der Waals surface area (Å²) in [6, 6.07) is 0. The van der Waals surface area contributed by atoms with Gasteiger partial charge in [0.2, 0.25) is 0 Å². The van der Waals surface area contributed by atoms with Gasteiger partial charge in [-0.25, -0.2) is 14.8 Å². The minimum absolute atomic E-state index is 0.234. The molecular formula is C8H10N4O2. The summed E-state index contributed by atoms with van der Waals surface area (Å²) in [6.07, 6.45) is 3.91. The van der Waals surface area contributed by atoms with Crippen LogP contribution < -0.4 is 10.6 Å². The number of aromatic nitrogens is 2. The number of ether oxygens (including phenoxy) is 1. The van der Waals surface area contributed by atoms with Gasteiger partial charge in [0.25, 0.3) is 0 Å². The molecule has 6 nitrogen and oxygen atoms in total. The van der Waals surface area contributed by atoms with E-state index >= 15 is 0 Å². The first-order valence-corrected chi connectivity index (χ1v) is 4.24. The zero-order valence-electron chi connectivity index (χ0n) is 7.46. The molecule has 0 radical (unpaired) electrons. The summed E-state index contributed by atoms with van der Waals surface area (Å²) in [4.78, 5) is 20.5. The second-order valence-corrected chi connectivity index (χ2v) is 2.95. The molecule has 0 aromatic carbocycles. The lowest BCUT2D eigenvalue weighted by atomic mass is 10.3. The van der Waals surface area contributed by atoms with E-state index in [2.05, 4.69) is 9.97 Å². The smallest absolute Gasteiger partial charge is 0.414 e. The Labute approximate surface area is 80.7 Å². The Morgan fingerprint density at radius 1 is 1.57 bits per heavy atom. The molecule has 1 aliphatic rings. The Balaban J connectivity index is 2.17. The lowest BCUT2D eigenvalue weighted by molar-refractivity contribution is 0.145. The summed E-state index contributed by atoms with van der Waals surface area (Å²) in [5.41, 5.74) is 6.03. The van der Waals surface area contributed by atoms with Crippen molar-refractivity contribution in [3.63, 3.8) is 0 Å². The number of amides is 1. The predicted molar refractivity (Wildman–Crippen MR) is 48.7 cm³/mol. The third kappa shape index (κ3) is 1.51. The van der Waals surface area contributed by atoms with Crippen molar-refractivity contribution in [1.82, 2.24) is 9.97 Å². The van der Waals surface area contributed by atoms with Crippen molar-refractivity contribution in [2.45, 2.75) is 6.10 Å². The molecule has 1 saturated heterocycles. The lowest BCUT2D eigenvalue weighted by Crippen LogP contribution is -2.27. The Morgan fingerprint density at radius 3 is 2.86 bits per heavy atom. The number of rotatable bonds is 2. The molecule has 1 aliphatic heterocycles. The van der Waals surface area contributed by atoms with Crippen LogP contribution in [0.5, 0.6) is 0 Å². The topological polar surface area (TPSA) is 81.3 Å². The van der Waals surface area contributed by atoms with Crippen LogP contribution in [0.4, 0.5) is 10.5 Å². The highest BCUT2D eigenvalue weighted by Gasteiger charge is 2.31. The molecule has 1 unspecified atom stereocenters. The van der Waals surface area contributed by atoms with Crippen molar-refractivity contribution in [3.8, 4) is 0 Å². The van der Waals surface area contributed by atoms with Crippen LogP contribution in [-0.2, 0) is 4.74 Å².